The van der Waals surface area contributed by atoms with E-state index >= 15 is 0 Å². The van der Waals surface area contributed by atoms with E-state index in [9.17, 15) is 13.2 Å². The summed E-state index contributed by atoms with van der Waals surface area (Å²) in [6, 6.07) is 1.69. The van der Waals surface area contributed by atoms with E-state index in [-0.39, 0.29) is 5.54 Å². The summed E-state index contributed by atoms with van der Waals surface area (Å²) in [4.78, 5) is 5.39. The highest BCUT2D eigenvalue weighted by molar-refractivity contribution is 5.53. The minimum absolute atomic E-state index is 0.106. The van der Waals surface area contributed by atoms with Gasteiger partial charge in [0.15, 0.2) is 0 Å². The number of anilines is 1. The smallest absolute Gasteiger partial charge is 0.365 e. The lowest BCUT2D eigenvalue weighted by molar-refractivity contribution is -0.119. The van der Waals surface area contributed by atoms with Crippen molar-refractivity contribution < 1.29 is 13.2 Å². The van der Waals surface area contributed by atoms with E-state index < -0.39 is 12.7 Å². The number of rotatable bonds is 4. The highest BCUT2D eigenvalue weighted by Crippen LogP contribution is 2.24. The predicted molar refractivity (Wildman–Crippen MR) is 74.9 cm³/mol. The molecule has 0 aliphatic heterocycles. The van der Waals surface area contributed by atoms with Gasteiger partial charge in [-0.15, -0.1) is 0 Å². The van der Waals surface area contributed by atoms with Crippen LogP contribution in [0.2, 0.25) is 0 Å². The van der Waals surface area contributed by atoms with E-state index in [4.69, 9.17) is 0 Å². The van der Waals surface area contributed by atoms with Crippen molar-refractivity contribution in [2.45, 2.75) is 46.0 Å². The van der Waals surface area contributed by atoms with Gasteiger partial charge in [0.25, 0.3) is 0 Å². The van der Waals surface area contributed by atoms with Crippen LogP contribution in [0.1, 0.15) is 32.0 Å². The Bertz CT molecular complexity index is 450. The van der Waals surface area contributed by atoms with E-state index in [1.807, 2.05) is 20.8 Å². The van der Waals surface area contributed by atoms with Crippen molar-refractivity contribution in [1.82, 2.24) is 10.3 Å². The molecule has 0 atom stereocenters. The maximum Gasteiger partial charge on any atom is 0.405 e. The largest absolute Gasteiger partial charge is 0.405 e. The molecule has 1 N–H and O–H groups in total. The van der Waals surface area contributed by atoms with Gasteiger partial charge in [-0.1, -0.05) is 0 Å². The third kappa shape index (κ3) is 5.77. The van der Waals surface area contributed by atoms with Crippen LogP contribution in [0.3, 0.4) is 0 Å². The van der Waals surface area contributed by atoms with Crippen LogP contribution in [0.5, 0.6) is 0 Å². The molecule has 0 aliphatic carbocycles. The van der Waals surface area contributed by atoms with Gasteiger partial charge in [-0.25, -0.2) is 0 Å². The highest BCUT2D eigenvalue weighted by atomic mass is 19.4. The Morgan fingerprint density at radius 2 is 1.85 bits per heavy atom. The first-order valence-electron chi connectivity index (χ1n) is 6.46. The Morgan fingerprint density at radius 3 is 2.35 bits per heavy atom. The zero-order chi connectivity index (χ0) is 15.6. The molecule has 1 rings (SSSR count). The van der Waals surface area contributed by atoms with Gasteiger partial charge in [-0.3, -0.25) is 4.98 Å². The van der Waals surface area contributed by atoms with Gasteiger partial charge in [-0.05, 0) is 33.8 Å². The average molecular weight is 289 g/mol. The summed E-state index contributed by atoms with van der Waals surface area (Å²) >= 11 is 0. The SMILES string of the molecule is Cc1cc(N(C)CC(F)(F)F)c(CNC(C)(C)C)cn1. The number of alkyl halides is 3. The van der Waals surface area contributed by atoms with Crippen LogP contribution in [0.4, 0.5) is 18.9 Å². The number of pyridine rings is 1. The molecule has 0 radical (unpaired) electrons. The molecule has 1 aromatic heterocycles. The molecule has 0 unspecified atom stereocenters. The number of nitrogens with one attached hydrogen (secondary N) is 1. The fourth-order valence-corrected chi connectivity index (χ4v) is 1.78. The Hall–Kier alpha value is -1.30. The van der Waals surface area contributed by atoms with Crippen LogP contribution in [0.15, 0.2) is 12.3 Å². The van der Waals surface area contributed by atoms with Crippen molar-refractivity contribution in [2.24, 2.45) is 0 Å². The topological polar surface area (TPSA) is 28.2 Å². The van der Waals surface area contributed by atoms with Crippen molar-refractivity contribution in [3.63, 3.8) is 0 Å². The van der Waals surface area contributed by atoms with E-state index in [1.165, 1.54) is 11.9 Å². The fraction of sp³-hybridized carbons (Fsp3) is 0.643. The third-order valence-corrected chi connectivity index (χ3v) is 2.74. The Morgan fingerprint density at radius 1 is 1.25 bits per heavy atom. The molecular weight excluding hydrogens is 267 g/mol. The molecule has 0 fully saturated rings. The summed E-state index contributed by atoms with van der Waals surface area (Å²) < 4.78 is 37.6. The zero-order valence-electron chi connectivity index (χ0n) is 12.6. The lowest BCUT2D eigenvalue weighted by Gasteiger charge is -2.26. The van der Waals surface area contributed by atoms with Gasteiger partial charge in [0, 0.05) is 42.3 Å². The molecule has 1 aromatic rings. The lowest BCUT2D eigenvalue weighted by atomic mass is 10.1. The average Bonchev–Trinajstić information content (AvgIpc) is 2.23. The summed E-state index contributed by atoms with van der Waals surface area (Å²) in [5.41, 5.74) is 1.92. The lowest BCUT2D eigenvalue weighted by Crippen LogP contribution is -2.36. The van der Waals surface area contributed by atoms with Crippen molar-refractivity contribution in [3.8, 4) is 0 Å². The summed E-state index contributed by atoms with van der Waals surface area (Å²) in [6.07, 6.45) is -2.59. The predicted octanol–water partition coefficient (Wildman–Crippen LogP) is 3.28. The first-order valence-corrected chi connectivity index (χ1v) is 6.46. The van der Waals surface area contributed by atoms with Gasteiger partial charge in [0.1, 0.15) is 6.54 Å². The van der Waals surface area contributed by atoms with Gasteiger partial charge < -0.3 is 10.2 Å². The monoisotopic (exact) mass is 289 g/mol. The van der Waals surface area contributed by atoms with Gasteiger partial charge in [-0.2, -0.15) is 13.2 Å². The number of halogens is 3. The van der Waals surface area contributed by atoms with Crippen molar-refractivity contribution >= 4 is 5.69 Å². The molecule has 1 heterocycles. The first-order chi connectivity index (χ1) is 8.98. The number of hydrogen-bond acceptors (Lipinski definition) is 3. The molecular formula is C14H22F3N3. The molecule has 0 spiro atoms. The van der Waals surface area contributed by atoms with E-state index in [2.05, 4.69) is 10.3 Å². The van der Waals surface area contributed by atoms with Gasteiger partial charge >= 0.3 is 6.18 Å². The minimum atomic E-state index is -4.22. The maximum absolute atomic E-state index is 12.5. The maximum atomic E-state index is 12.5. The van der Waals surface area contributed by atoms with Crippen LogP contribution in [-0.2, 0) is 6.54 Å². The number of aryl methyl sites for hydroxylation is 1. The molecule has 0 saturated carbocycles. The second-order valence-corrected chi connectivity index (χ2v) is 6.03. The summed E-state index contributed by atoms with van der Waals surface area (Å²) in [5, 5.41) is 3.27. The molecule has 114 valence electrons. The van der Waals surface area contributed by atoms with Crippen LogP contribution in [0, 0.1) is 6.92 Å². The molecule has 6 heteroatoms. The van der Waals surface area contributed by atoms with Gasteiger partial charge in [0.05, 0.1) is 0 Å². The fourth-order valence-electron chi connectivity index (χ4n) is 1.78. The number of hydrogen-bond donors (Lipinski definition) is 1. The van der Waals surface area contributed by atoms with Crippen molar-refractivity contribution in [2.75, 3.05) is 18.5 Å². The Balaban J connectivity index is 2.95. The molecule has 0 bridgehead atoms. The Kier molecular flexibility index (Phi) is 5.02. The first kappa shape index (κ1) is 16.8. The van der Waals surface area contributed by atoms with E-state index in [1.54, 1.807) is 19.2 Å². The molecule has 0 aromatic carbocycles. The summed E-state index contributed by atoms with van der Waals surface area (Å²) in [6.45, 7) is 7.30. The van der Waals surface area contributed by atoms with E-state index in [0.717, 1.165) is 5.56 Å². The molecule has 20 heavy (non-hydrogen) atoms. The minimum Gasteiger partial charge on any atom is -0.365 e. The van der Waals surface area contributed by atoms with E-state index in [0.29, 0.717) is 17.9 Å². The van der Waals surface area contributed by atoms with Crippen molar-refractivity contribution in [3.05, 3.63) is 23.5 Å². The summed E-state index contributed by atoms with van der Waals surface area (Å²) in [7, 11) is 1.45. The van der Waals surface area contributed by atoms with Crippen LogP contribution in [0.25, 0.3) is 0 Å². The summed E-state index contributed by atoms with van der Waals surface area (Å²) in [5.74, 6) is 0. The quantitative estimate of drug-likeness (QED) is 0.922. The highest BCUT2D eigenvalue weighted by Gasteiger charge is 2.30. The van der Waals surface area contributed by atoms with Crippen LogP contribution in [-0.4, -0.2) is 30.3 Å². The second kappa shape index (κ2) is 5.99. The standard InChI is InChI=1S/C14H22F3N3/c1-10-6-12(20(5)9-14(15,16)17)11(7-18-10)8-19-13(2,3)4/h6-7,19H,8-9H2,1-5H3. The molecule has 3 nitrogen and oxygen atoms in total. The molecule has 0 aliphatic rings. The number of aromatic nitrogens is 1. The zero-order valence-corrected chi connectivity index (χ0v) is 12.6. The third-order valence-electron chi connectivity index (χ3n) is 2.74. The van der Waals surface area contributed by atoms with Crippen molar-refractivity contribution in [1.29, 1.82) is 0 Å². The molecule has 0 amide bonds. The normalized spacial score (nSPS) is 12.6. The second-order valence-electron chi connectivity index (χ2n) is 6.03. The Labute approximate surface area is 118 Å². The molecule has 0 saturated heterocycles. The van der Waals surface area contributed by atoms with Crippen LogP contribution >= 0.6 is 0 Å². The van der Waals surface area contributed by atoms with Crippen LogP contribution < -0.4 is 10.2 Å². The number of nitrogens with zero attached hydrogens (tertiary/aromatic N) is 2. The van der Waals surface area contributed by atoms with Gasteiger partial charge in [0.2, 0.25) is 0 Å².